The number of nitrogens with two attached hydrogens (primary N) is 1. The van der Waals surface area contributed by atoms with Crippen molar-refractivity contribution in [3.05, 3.63) is 52.8 Å². The van der Waals surface area contributed by atoms with Crippen LogP contribution in [0.5, 0.6) is 11.5 Å². The molecule has 0 amide bonds. The van der Waals surface area contributed by atoms with Crippen LogP contribution in [0, 0.1) is 12.3 Å². The van der Waals surface area contributed by atoms with Crippen LogP contribution in [0.15, 0.2) is 36.7 Å². The van der Waals surface area contributed by atoms with Gasteiger partial charge < -0.3 is 10.5 Å². The Morgan fingerprint density at radius 2 is 2.11 bits per heavy atom. The van der Waals surface area contributed by atoms with Gasteiger partial charge in [-0.15, -0.1) is 0 Å². The van der Waals surface area contributed by atoms with Gasteiger partial charge in [0.2, 0.25) is 0 Å². The van der Waals surface area contributed by atoms with Gasteiger partial charge in [-0.3, -0.25) is 10.4 Å². The van der Waals surface area contributed by atoms with Crippen LogP contribution in [0.4, 0.5) is 0 Å². The highest BCUT2D eigenvalue weighted by Crippen LogP contribution is 2.31. The molecule has 0 unspecified atom stereocenters. The average molecular weight is 262 g/mol. The normalized spacial score (nSPS) is 10.1. The topological polar surface area (TPSA) is 72.0 Å². The number of amidine groups is 1. The van der Waals surface area contributed by atoms with Crippen molar-refractivity contribution in [2.45, 2.75) is 6.92 Å². The summed E-state index contributed by atoms with van der Waals surface area (Å²) in [7, 11) is 0. The molecule has 0 aliphatic rings. The van der Waals surface area contributed by atoms with Crippen LogP contribution in [0.1, 0.15) is 11.1 Å². The zero-order valence-corrected chi connectivity index (χ0v) is 10.5. The van der Waals surface area contributed by atoms with Crippen LogP contribution in [0.25, 0.3) is 0 Å². The van der Waals surface area contributed by atoms with Crippen LogP contribution >= 0.6 is 11.6 Å². The molecule has 1 heterocycles. The van der Waals surface area contributed by atoms with Gasteiger partial charge in [-0.1, -0.05) is 17.7 Å². The van der Waals surface area contributed by atoms with E-state index in [1.165, 1.54) is 6.20 Å². The Bertz CT molecular complexity index is 599. The van der Waals surface area contributed by atoms with Crippen molar-refractivity contribution in [1.29, 1.82) is 5.41 Å². The molecule has 2 aromatic rings. The molecular weight excluding hydrogens is 250 g/mol. The number of pyridine rings is 1. The Balaban J connectivity index is 2.37. The van der Waals surface area contributed by atoms with E-state index >= 15 is 0 Å². The third kappa shape index (κ3) is 2.60. The summed E-state index contributed by atoms with van der Waals surface area (Å²) in [5, 5.41) is 7.97. The van der Waals surface area contributed by atoms with Gasteiger partial charge in [0, 0.05) is 6.20 Å². The monoisotopic (exact) mass is 261 g/mol. The lowest BCUT2D eigenvalue weighted by molar-refractivity contribution is 0.479. The number of hydrogen-bond donors (Lipinski definition) is 2. The second kappa shape index (κ2) is 5.06. The Kier molecular flexibility index (Phi) is 3.48. The predicted molar refractivity (Wildman–Crippen MR) is 71.5 cm³/mol. The highest BCUT2D eigenvalue weighted by Gasteiger charge is 2.09. The molecule has 92 valence electrons. The van der Waals surface area contributed by atoms with E-state index in [4.69, 9.17) is 27.5 Å². The quantitative estimate of drug-likeness (QED) is 0.659. The minimum atomic E-state index is -0.0735. The molecule has 0 bridgehead atoms. The van der Waals surface area contributed by atoms with Gasteiger partial charge in [0.25, 0.3) is 0 Å². The third-order valence-electron chi connectivity index (χ3n) is 2.38. The Labute approximate surface area is 110 Å². The summed E-state index contributed by atoms with van der Waals surface area (Å²) in [6.07, 6.45) is 3.06. The minimum Gasteiger partial charge on any atom is -0.453 e. The van der Waals surface area contributed by atoms with Crippen molar-refractivity contribution in [1.82, 2.24) is 4.98 Å². The fourth-order valence-corrected chi connectivity index (χ4v) is 1.76. The zero-order chi connectivity index (χ0) is 13.1. The lowest BCUT2D eigenvalue weighted by atomic mass is 10.2. The van der Waals surface area contributed by atoms with E-state index in [-0.39, 0.29) is 5.84 Å². The number of benzene rings is 1. The summed E-state index contributed by atoms with van der Waals surface area (Å²) in [5.74, 6) is 0.851. The SMILES string of the molecule is Cc1ccc(Oc2cnccc2C(=N)N)c(Cl)c1. The number of nitrogen functional groups attached to an aromatic ring is 1. The summed E-state index contributed by atoms with van der Waals surface area (Å²) in [5.41, 5.74) is 7.01. The van der Waals surface area contributed by atoms with Crippen molar-refractivity contribution in [2.24, 2.45) is 5.73 Å². The Morgan fingerprint density at radius 1 is 1.33 bits per heavy atom. The van der Waals surface area contributed by atoms with Crippen LogP contribution in [-0.2, 0) is 0 Å². The number of halogens is 1. The van der Waals surface area contributed by atoms with Crippen LogP contribution < -0.4 is 10.5 Å². The zero-order valence-electron chi connectivity index (χ0n) is 9.77. The lowest BCUT2D eigenvalue weighted by Crippen LogP contribution is -2.12. The third-order valence-corrected chi connectivity index (χ3v) is 2.68. The molecule has 0 fully saturated rings. The lowest BCUT2D eigenvalue weighted by Gasteiger charge is -2.11. The molecule has 0 spiro atoms. The van der Waals surface area contributed by atoms with Crippen LogP contribution in [0.3, 0.4) is 0 Å². The number of hydrogen-bond acceptors (Lipinski definition) is 3. The number of aryl methyl sites for hydroxylation is 1. The highest BCUT2D eigenvalue weighted by molar-refractivity contribution is 6.32. The molecule has 4 nitrogen and oxygen atoms in total. The maximum absolute atomic E-state index is 7.47. The van der Waals surface area contributed by atoms with E-state index < -0.39 is 0 Å². The van der Waals surface area contributed by atoms with Crippen molar-refractivity contribution in [3.8, 4) is 11.5 Å². The number of nitrogens with one attached hydrogen (secondary N) is 1. The number of rotatable bonds is 3. The van der Waals surface area contributed by atoms with E-state index in [2.05, 4.69) is 4.98 Å². The van der Waals surface area contributed by atoms with E-state index in [0.29, 0.717) is 22.1 Å². The molecule has 0 saturated heterocycles. The van der Waals surface area contributed by atoms with Gasteiger partial charge in [-0.2, -0.15) is 0 Å². The molecular formula is C13H12ClN3O. The predicted octanol–water partition coefficient (Wildman–Crippen LogP) is 3.12. The van der Waals surface area contributed by atoms with Crippen LogP contribution in [-0.4, -0.2) is 10.8 Å². The van der Waals surface area contributed by atoms with E-state index in [1.807, 2.05) is 13.0 Å². The second-order valence-electron chi connectivity index (χ2n) is 3.82. The Morgan fingerprint density at radius 3 is 2.78 bits per heavy atom. The summed E-state index contributed by atoms with van der Waals surface area (Å²) in [4.78, 5) is 3.95. The van der Waals surface area contributed by atoms with Gasteiger partial charge in [-0.25, -0.2) is 0 Å². The first-order valence-corrected chi connectivity index (χ1v) is 5.68. The second-order valence-corrected chi connectivity index (χ2v) is 4.23. The molecule has 0 radical (unpaired) electrons. The molecule has 1 aromatic heterocycles. The van der Waals surface area contributed by atoms with Crippen molar-refractivity contribution in [2.75, 3.05) is 0 Å². The van der Waals surface area contributed by atoms with Crippen molar-refractivity contribution in [3.63, 3.8) is 0 Å². The highest BCUT2D eigenvalue weighted by atomic mass is 35.5. The molecule has 1 aromatic carbocycles. The summed E-state index contributed by atoms with van der Waals surface area (Å²) >= 11 is 6.08. The van der Waals surface area contributed by atoms with E-state index in [0.717, 1.165) is 5.56 Å². The minimum absolute atomic E-state index is 0.0735. The maximum atomic E-state index is 7.47. The molecule has 2 rings (SSSR count). The number of nitrogens with zero attached hydrogens (tertiary/aromatic N) is 1. The molecule has 0 aliphatic heterocycles. The number of ether oxygens (including phenoxy) is 1. The molecule has 0 saturated carbocycles. The summed E-state index contributed by atoms with van der Waals surface area (Å²) in [6, 6.07) is 7.10. The van der Waals surface area contributed by atoms with E-state index in [1.54, 1.807) is 24.4 Å². The van der Waals surface area contributed by atoms with Gasteiger partial charge in [0.15, 0.2) is 5.75 Å². The first kappa shape index (κ1) is 12.4. The fraction of sp³-hybridized carbons (Fsp3) is 0.0769. The molecule has 5 heteroatoms. The maximum Gasteiger partial charge on any atom is 0.156 e. The fourth-order valence-electron chi connectivity index (χ4n) is 1.49. The van der Waals surface area contributed by atoms with Crippen molar-refractivity contribution < 1.29 is 4.74 Å². The largest absolute Gasteiger partial charge is 0.453 e. The van der Waals surface area contributed by atoms with Crippen LogP contribution in [0.2, 0.25) is 5.02 Å². The van der Waals surface area contributed by atoms with Gasteiger partial charge >= 0.3 is 0 Å². The standard InChI is InChI=1S/C13H12ClN3O/c1-8-2-3-11(10(14)6-8)18-12-7-17-5-4-9(12)13(15)16/h2-7H,1H3,(H3,15,16). The van der Waals surface area contributed by atoms with Crippen molar-refractivity contribution >= 4 is 17.4 Å². The van der Waals surface area contributed by atoms with E-state index in [9.17, 15) is 0 Å². The molecule has 3 N–H and O–H groups in total. The molecule has 0 atom stereocenters. The smallest absolute Gasteiger partial charge is 0.156 e. The Hall–Kier alpha value is -2.07. The van der Waals surface area contributed by atoms with Gasteiger partial charge in [-0.05, 0) is 30.7 Å². The molecule has 0 aliphatic carbocycles. The molecule has 18 heavy (non-hydrogen) atoms. The van der Waals surface area contributed by atoms with Gasteiger partial charge in [0.1, 0.15) is 11.6 Å². The summed E-state index contributed by atoms with van der Waals surface area (Å²) in [6.45, 7) is 1.95. The number of aromatic nitrogens is 1. The van der Waals surface area contributed by atoms with Gasteiger partial charge in [0.05, 0.1) is 16.8 Å². The first-order chi connectivity index (χ1) is 8.58. The first-order valence-electron chi connectivity index (χ1n) is 5.30. The summed E-state index contributed by atoms with van der Waals surface area (Å²) < 4.78 is 5.64. The average Bonchev–Trinajstić information content (AvgIpc) is 2.33.